The van der Waals surface area contributed by atoms with E-state index in [1.165, 1.54) is 0 Å². The molecule has 4 atom stereocenters. The Bertz CT molecular complexity index is 624. The van der Waals surface area contributed by atoms with Crippen LogP contribution in [0.5, 0.6) is 0 Å². The van der Waals surface area contributed by atoms with Crippen molar-refractivity contribution in [3.8, 4) is 0 Å². The Morgan fingerprint density at radius 1 is 1.20 bits per heavy atom. The average molecular weight is 347 g/mol. The lowest BCUT2D eigenvalue weighted by molar-refractivity contribution is 0.00872. The van der Waals surface area contributed by atoms with Gasteiger partial charge in [0.2, 0.25) is 0 Å². The van der Waals surface area contributed by atoms with E-state index in [0.717, 1.165) is 0 Å². The van der Waals surface area contributed by atoms with Gasteiger partial charge in [0.05, 0.1) is 19.3 Å². The molecule has 2 fully saturated rings. The van der Waals surface area contributed by atoms with Crippen molar-refractivity contribution in [3.05, 3.63) is 43.0 Å². The van der Waals surface area contributed by atoms with Gasteiger partial charge in [-0.15, -0.1) is 6.58 Å². The first-order chi connectivity index (χ1) is 12.2. The predicted molar refractivity (Wildman–Crippen MR) is 90.3 cm³/mol. The van der Waals surface area contributed by atoms with E-state index in [9.17, 15) is 9.59 Å². The van der Waals surface area contributed by atoms with Crippen molar-refractivity contribution in [1.82, 2.24) is 10.6 Å². The maximum Gasteiger partial charge on any atom is 0.412 e. The number of benzene rings is 1. The molecule has 3 amide bonds. The van der Waals surface area contributed by atoms with E-state index in [2.05, 4.69) is 22.5 Å². The van der Waals surface area contributed by atoms with Crippen molar-refractivity contribution in [1.29, 1.82) is 0 Å². The van der Waals surface area contributed by atoms with E-state index >= 15 is 0 Å². The number of hydrogen-bond acceptors (Lipinski definition) is 5. The van der Waals surface area contributed by atoms with Crippen LogP contribution in [0.2, 0.25) is 0 Å². The molecule has 2 heterocycles. The molecule has 8 nitrogen and oxygen atoms in total. The molecule has 0 unspecified atom stereocenters. The number of nitrogens with one attached hydrogen (secondary N) is 3. The zero-order chi connectivity index (χ0) is 17.6. The zero-order valence-electron chi connectivity index (χ0n) is 13.6. The van der Waals surface area contributed by atoms with Crippen LogP contribution in [-0.4, -0.2) is 56.2 Å². The fourth-order valence-corrected chi connectivity index (χ4v) is 2.88. The Morgan fingerprint density at radius 3 is 2.72 bits per heavy atom. The highest BCUT2D eigenvalue weighted by molar-refractivity contribution is 5.84. The van der Waals surface area contributed by atoms with Gasteiger partial charge in [0, 0.05) is 12.2 Å². The van der Waals surface area contributed by atoms with Gasteiger partial charge in [-0.1, -0.05) is 24.3 Å². The lowest BCUT2D eigenvalue weighted by atomic mass is 10.1. The van der Waals surface area contributed by atoms with Crippen molar-refractivity contribution in [2.45, 2.75) is 24.4 Å². The summed E-state index contributed by atoms with van der Waals surface area (Å²) >= 11 is 0. The molecular weight excluding hydrogens is 326 g/mol. The SMILES string of the molecule is C=CCNC(=O)N[C@@H]1CO[C@@H]2[C@@H]1OC[C@H]2OC(=O)Nc1ccccc1. The summed E-state index contributed by atoms with van der Waals surface area (Å²) in [6, 6.07) is 8.42. The summed E-state index contributed by atoms with van der Waals surface area (Å²) in [4.78, 5) is 23.7. The van der Waals surface area contributed by atoms with Crippen molar-refractivity contribution >= 4 is 17.8 Å². The standard InChI is InChI=1S/C17H21N3O5/c1-2-8-18-16(21)20-12-9-23-15-13(10-24-14(12)15)25-17(22)19-11-6-4-3-5-7-11/h2-7,12-15H,1,8-10H2,(H,19,22)(H2,18,20,21)/t12-,13-,14-,15+/m1/s1. The highest BCUT2D eigenvalue weighted by Crippen LogP contribution is 2.29. The fourth-order valence-electron chi connectivity index (χ4n) is 2.88. The molecule has 1 aromatic rings. The van der Waals surface area contributed by atoms with Gasteiger partial charge >= 0.3 is 12.1 Å². The molecule has 25 heavy (non-hydrogen) atoms. The van der Waals surface area contributed by atoms with Crippen molar-refractivity contribution < 1.29 is 23.8 Å². The molecule has 3 rings (SSSR count). The van der Waals surface area contributed by atoms with Gasteiger partial charge in [-0.3, -0.25) is 5.32 Å². The minimum Gasteiger partial charge on any atom is -0.441 e. The molecule has 0 saturated carbocycles. The Balaban J connectivity index is 1.49. The molecular formula is C17H21N3O5. The van der Waals surface area contributed by atoms with Gasteiger partial charge < -0.3 is 24.8 Å². The summed E-state index contributed by atoms with van der Waals surface area (Å²) in [5.74, 6) is 0. The van der Waals surface area contributed by atoms with Gasteiger partial charge in [0.1, 0.15) is 12.2 Å². The van der Waals surface area contributed by atoms with Crippen LogP contribution < -0.4 is 16.0 Å². The van der Waals surface area contributed by atoms with Gasteiger partial charge in [-0.2, -0.15) is 0 Å². The van der Waals surface area contributed by atoms with Crippen LogP contribution >= 0.6 is 0 Å². The summed E-state index contributed by atoms with van der Waals surface area (Å²) in [7, 11) is 0. The Labute approximate surface area is 145 Å². The first-order valence-corrected chi connectivity index (χ1v) is 8.08. The molecule has 8 heteroatoms. The van der Waals surface area contributed by atoms with Crippen LogP contribution in [0.25, 0.3) is 0 Å². The molecule has 0 spiro atoms. The number of rotatable bonds is 5. The minimum absolute atomic E-state index is 0.226. The number of carbonyl (C=O) groups excluding carboxylic acids is 2. The van der Waals surface area contributed by atoms with E-state index in [4.69, 9.17) is 14.2 Å². The summed E-state index contributed by atoms with van der Waals surface area (Å²) in [6.07, 6.45) is -0.231. The number of fused-ring (bicyclic) bond motifs is 1. The number of amides is 3. The second-order valence-electron chi connectivity index (χ2n) is 5.78. The smallest absolute Gasteiger partial charge is 0.412 e. The Morgan fingerprint density at radius 2 is 1.96 bits per heavy atom. The predicted octanol–water partition coefficient (Wildman–Crippen LogP) is 1.26. The first-order valence-electron chi connectivity index (χ1n) is 8.08. The van der Waals surface area contributed by atoms with E-state index in [1.54, 1.807) is 18.2 Å². The van der Waals surface area contributed by atoms with E-state index in [1.807, 2.05) is 18.2 Å². The number of urea groups is 1. The number of hydrogen-bond donors (Lipinski definition) is 3. The quantitative estimate of drug-likeness (QED) is 0.697. The Hall–Kier alpha value is -2.58. The molecule has 0 bridgehead atoms. The van der Waals surface area contributed by atoms with Gasteiger partial charge in [-0.05, 0) is 12.1 Å². The highest BCUT2D eigenvalue weighted by Gasteiger charge is 2.50. The van der Waals surface area contributed by atoms with Gasteiger partial charge in [0.15, 0.2) is 6.10 Å². The lowest BCUT2D eigenvalue weighted by Gasteiger charge is -2.18. The van der Waals surface area contributed by atoms with Crippen LogP contribution in [-0.2, 0) is 14.2 Å². The topological polar surface area (TPSA) is 97.9 Å². The molecule has 3 N–H and O–H groups in total. The van der Waals surface area contributed by atoms with E-state index < -0.39 is 18.3 Å². The summed E-state index contributed by atoms with van der Waals surface area (Å²) in [6.45, 7) is 4.44. The molecule has 1 aromatic carbocycles. The van der Waals surface area contributed by atoms with Crippen LogP contribution in [0, 0.1) is 0 Å². The van der Waals surface area contributed by atoms with Crippen LogP contribution in [0.1, 0.15) is 0 Å². The zero-order valence-corrected chi connectivity index (χ0v) is 13.6. The molecule has 2 aliphatic rings. The first kappa shape index (κ1) is 17.2. The average Bonchev–Trinajstić information content (AvgIpc) is 3.18. The minimum atomic E-state index is -0.566. The van der Waals surface area contributed by atoms with E-state index in [-0.39, 0.29) is 24.8 Å². The highest BCUT2D eigenvalue weighted by atomic mass is 16.6. The molecule has 2 saturated heterocycles. The van der Waals surface area contributed by atoms with Gasteiger partial charge in [0.25, 0.3) is 0 Å². The van der Waals surface area contributed by atoms with Crippen molar-refractivity contribution in [2.75, 3.05) is 25.1 Å². The lowest BCUT2D eigenvalue weighted by Crippen LogP contribution is -2.48. The normalized spacial score (nSPS) is 27.2. The maximum atomic E-state index is 12.0. The fraction of sp³-hybridized carbons (Fsp3) is 0.412. The summed E-state index contributed by atoms with van der Waals surface area (Å²) < 4.78 is 16.7. The molecule has 2 aliphatic heterocycles. The molecule has 0 aromatic heterocycles. The third-order valence-corrected chi connectivity index (χ3v) is 4.01. The van der Waals surface area contributed by atoms with Crippen LogP contribution in [0.3, 0.4) is 0 Å². The third kappa shape index (κ3) is 4.28. The van der Waals surface area contributed by atoms with Gasteiger partial charge in [-0.25, -0.2) is 9.59 Å². The molecule has 134 valence electrons. The number of carbonyl (C=O) groups is 2. The van der Waals surface area contributed by atoms with Crippen LogP contribution in [0.15, 0.2) is 43.0 Å². The number of ether oxygens (including phenoxy) is 3. The largest absolute Gasteiger partial charge is 0.441 e. The molecule has 0 radical (unpaired) electrons. The summed E-state index contributed by atoms with van der Waals surface area (Å²) in [5, 5.41) is 8.08. The number of anilines is 1. The van der Waals surface area contributed by atoms with Crippen molar-refractivity contribution in [2.24, 2.45) is 0 Å². The second-order valence-corrected chi connectivity index (χ2v) is 5.78. The van der Waals surface area contributed by atoms with Crippen LogP contribution in [0.4, 0.5) is 15.3 Å². The monoisotopic (exact) mass is 347 g/mol. The van der Waals surface area contributed by atoms with E-state index in [0.29, 0.717) is 18.8 Å². The number of para-hydroxylation sites is 1. The second kappa shape index (κ2) is 8.00. The maximum absolute atomic E-state index is 12.0. The molecule has 0 aliphatic carbocycles. The summed E-state index contributed by atoms with van der Waals surface area (Å²) in [5.41, 5.74) is 0.647. The Kier molecular flexibility index (Phi) is 5.52. The third-order valence-electron chi connectivity index (χ3n) is 4.01. The van der Waals surface area contributed by atoms with Crippen molar-refractivity contribution in [3.63, 3.8) is 0 Å².